The van der Waals surface area contributed by atoms with Gasteiger partial charge in [0.25, 0.3) is 0 Å². The van der Waals surface area contributed by atoms with Crippen molar-refractivity contribution in [3.63, 3.8) is 0 Å². The van der Waals surface area contributed by atoms with Crippen molar-refractivity contribution in [2.75, 3.05) is 13.1 Å². The Hall–Kier alpha value is -0.980. The maximum absolute atomic E-state index is 12.5. The lowest BCUT2D eigenvalue weighted by molar-refractivity contribution is -0.131. The van der Waals surface area contributed by atoms with Crippen LogP contribution < -0.4 is 5.32 Å². The van der Waals surface area contributed by atoms with Crippen LogP contribution in [-0.2, 0) is 11.2 Å². The molecule has 2 bridgehead atoms. The standard InChI is InChI=1S/C17H20BrN3OS/c18-11-1-4-15-14(9-11)20-16(23-15)5-6-17(22)21-8-7-12-2-3-13(10-21)19-12/h1,4,9,12-13,19H,2-3,5-8,10H2. The molecular weight excluding hydrogens is 374 g/mol. The van der Waals surface area contributed by atoms with E-state index in [1.54, 1.807) is 11.3 Å². The number of nitrogens with zero attached hydrogens (tertiary/aromatic N) is 2. The fourth-order valence-electron chi connectivity index (χ4n) is 3.60. The van der Waals surface area contributed by atoms with Gasteiger partial charge in [0.1, 0.15) is 0 Å². The van der Waals surface area contributed by atoms with Gasteiger partial charge in [-0.25, -0.2) is 4.98 Å². The first-order chi connectivity index (χ1) is 11.2. The molecule has 1 aromatic heterocycles. The number of thiazole rings is 1. The lowest BCUT2D eigenvalue weighted by atomic mass is 10.1. The van der Waals surface area contributed by atoms with Crippen LogP contribution in [0.2, 0.25) is 0 Å². The van der Waals surface area contributed by atoms with Gasteiger partial charge < -0.3 is 10.2 Å². The number of amides is 1. The van der Waals surface area contributed by atoms with Crippen LogP contribution in [0.3, 0.4) is 0 Å². The molecule has 0 aliphatic carbocycles. The van der Waals surface area contributed by atoms with E-state index >= 15 is 0 Å². The summed E-state index contributed by atoms with van der Waals surface area (Å²) < 4.78 is 2.23. The summed E-state index contributed by atoms with van der Waals surface area (Å²) in [6.07, 6.45) is 4.89. The molecule has 4 nitrogen and oxygen atoms in total. The maximum atomic E-state index is 12.5. The number of halogens is 1. The summed E-state index contributed by atoms with van der Waals surface area (Å²) in [7, 11) is 0. The van der Waals surface area contributed by atoms with Crippen LogP contribution in [-0.4, -0.2) is 41.0 Å². The number of benzene rings is 1. The predicted molar refractivity (Wildman–Crippen MR) is 96.8 cm³/mol. The molecule has 6 heteroatoms. The van der Waals surface area contributed by atoms with Crippen molar-refractivity contribution < 1.29 is 4.79 Å². The Morgan fingerprint density at radius 1 is 1.35 bits per heavy atom. The van der Waals surface area contributed by atoms with Gasteiger partial charge in [-0.15, -0.1) is 11.3 Å². The first kappa shape index (κ1) is 15.5. The van der Waals surface area contributed by atoms with Crippen molar-refractivity contribution in [3.8, 4) is 0 Å². The van der Waals surface area contributed by atoms with Crippen molar-refractivity contribution in [2.45, 2.75) is 44.2 Å². The van der Waals surface area contributed by atoms with Gasteiger partial charge in [0.05, 0.1) is 15.2 Å². The quantitative estimate of drug-likeness (QED) is 0.869. The predicted octanol–water partition coefficient (Wildman–Crippen LogP) is 3.34. The number of hydrogen-bond acceptors (Lipinski definition) is 4. The molecule has 2 fully saturated rings. The van der Waals surface area contributed by atoms with E-state index < -0.39 is 0 Å². The van der Waals surface area contributed by atoms with Crippen molar-refractivity contribution in [1.82, 2.24) is 15.2 Å². The van der Waals surface area contributed by atoms with Crippen molar-refractivity contribution in [3.05, 3.63) is 27.7 Å². The topological polar surface area (TPSA) is 45.2 Å². The molecule has 0 saturated carbocycles. The van der Waals surface area contributed by atoms with Crippen molar-refractivity contribution in [2.24, 2.45) is 0 Å². The summed E-state index contributed by atoms with van der Waals surface area (Å²) >= 11 is 5.17. The van der Waals surface area contributed by atoms with Crippen LogP contribution in [0.1, 0.15) is 30.7 Å². The van der Waals surface area contributed by atoms with E-state index in [9.17, 15) is 4.79 Å². The monoisotopic (exact) mass is 393 g/mol. The molecule has 2 atom stereocenters. The van der Waals surface area contributed by atoms with Gasteiger partial charge in [-0.3, -0.25) is 4.79 Å². The highest BCUT2D eigenvalue weighted by atomic mass is 79.9. The van der Waals surface area contributed by atoms with Crippen molar-refractivity contribution in [1.29, 1.82) is 0 Å². The van der Waals surface area contributed by atoms with Gasteiger partial charge in [0.2, 0.25) is 5.91 Å². The molecule has 2 aromatic rings. The molecule has 0 radical (unpaired) electrons. The molecule has 0 spiro atoms. The molecular formula is C17H20BrN3OS. The smallest absolute Gasteiger partial charge is 0.223 e. The van der Waals surface area contributed by atoms with E-state index in [0.717, 1.165) is 40.9 Å². The Balaban J connectivity index is 1.38. The molecule has 1 N–H and O–H groups in total. The van der Waals surface area contributed by atoms with Crippen LogP contribution in [0, 0.1) is 0 Å². The number of aryl methyl sites for hydroxylation is 1. The second-order valence-corrected chi connectivity index (χ2v) is 8.52. The third kappa shape index (κ3) is 3.44. The van der Waals surface area contributed by atoms with Crippen LogP contribution in [0.25, 0.3) is 10.2 Å². The summed E-state index contributed by atoms with van der Waals surface area (Å²) in [6, 6.07) is 7.29. The number of carbonyl (C=O) groups excluding carboxylic acids is 1. The summed E-state index contributed by atoms with van der Waals surface area (Å²) in [5.41, 5.74) is 1.02. The highest BCUT2D eigenvalue weighted by Crippen LogP contribution is 2.26. The number of likely N-dealkylation sites (tertiary alicyclic amines) is 1. The van der Waals surface area contributed by atoms with Crippen LogP contribution >= 0.6 is 27.3 Å². The van der Waals surface area contributed by atoms with Gasteiger partial charge in [-0.05, 0) is 37.5 Å². The summed E-state index contributed by atoms with van der Waals surface area (Å²) in [6.45, 7) is 1.78. The van der Waals surface area contributed by atoms with E-state index in [2.05, 4.69) is 37.2 Å². The maximum Gasteiger partial charge on any atom is 0.223 e. The molecule has 4 rings (SSSR count). The Morgan fingerprint density at radius 2 is 2.22 bits per heavy atom. The highest BCUT2D eigenvalue weighted by molar-refractivity contribution is 9.10. The Bertz CT molecular complexity index is 732. The third-order valence-electron chi connectivity index (χ3n) is 4.82. The number of carbonyl (C=O) groups is 1. The fraction of sp³-hybridized carbons (Fsp3) is 0.529. The first-order valence-corrected chi connectivity index (χ1v) is 9.87. The number of nitrogens with one attached hydrogen (secondary N) is 1. The van der Waals surface area contributed by atoms with E-state index in [0.29, 0.717) is 18.5 Å². The molecule has 3 heterocycles. The van der Waals surface area contributed by atoms with Gasteiger partial charge in [-0.1, -0.05) is 15.9 Å². The number of fused-ring (bicyclic) bond motifs is 3. The minimum absolute atomic E-state index is 0.278. The summed E-state index contributed by atoms with van der Waals surface area (Å²) in [5.74, 6) is 0.278. The summed E-state index contributed by atoms with van der Waals surface area (Å²) in [4.78, 5) is 19.2. The zero-order valence-corrected chi connectivity index (χ0v) is 15.3. The Morgan fingerprint density at radius 3 is 3.13 bits per heavy atom. The summed E-state index contributed by atoms with van der Waals surface area (Å²) in [5, 5.41) is 4.68. The van der Waals surface area contributed by atoms with E-state index in [-0.39, 0.29) is 5.91 Å². The molecule has 2 unspecified atom stereocenters. The number of aromatic nitrogens is 1. The Labute approximate surface area is 148 Å². The van der Waals surface area contributed by atoms with Gasteiger partial charge in [0, 0.05) is 42.5 Å². The molecule has 1 aromatic carbocycles. The first-order valence-electron chi connectivity index (χ1n) is 8.26. The molecule has 1 amide bonds. The van der Waals surface area contributed by atoms with Gasteiger partial charge >= 0.3 is 0 Å². The second-order valence-electron chi connectivity index (χ2n) is 6.49. The third-order valence-corrected chi connectivity index (χ3v) is 6.41. The molecule has 2 saturated heterocycles. The number of hydrogen-bond donors (Lipinski definition) is 1. The lowest BCUT2D eigenvalue weighted by Gasteiger charge is -2.24. The van der Waals surface area contributed by atoms with Gasteiger partial charge in [0.15, 0.2) is 0 Å². The van der Waals surface area contributed by atoms with Crippen LogP contribution in [0.5, 0.6) is 0 Å². The average molecular weight is 394 g/mol. The van der Waals surface area contributed by atoms with Gasteiger partial charge in [-0.2, -0.15) is 0 Å². The molecule has 2 aliphatic rings. The van der Waals surface area contributed by atoms with Crippen LogP contribution in [0.15, 0.2) is 22.7 Å². The minimum Gasteiger partial charge on any atom is -0.341 e. The van der Waals surface area contributed by atoms with Crippen LogP contribution in [0.4, 0.5) is 0 Å². The SMILES string of the molecule is O=C(CCc1nc2cc(Br)ccc2s1)N1CCC2CCC(C1)N2. The van der Waals surface area contributed by atoms with E-state index in [1.807, 2.05) is 12.1 Å². The lowest BCUT2D eigenvalue weighted by Crippen LogP contribution is -2.39. The molecule has 2 aliphatic heterocycles. The largest absolute Gasteiger partial charge is 0.341 e. The van der Waals surface area contributed by atoms with E-state index in [4.69, 9.17) is 0 Å². The highest BCUT2D eigenvalue weighted by Gasteiger charge is 2.30. The zero-order chi connectivity index (χ0) is 15.8. The average Bonchev–Trinajstić information content (AvgIpc) is 3.07. The zero-order valence-electron chi connectivity index (χ0n) is 12.9. The van der Waals surface area contributed by atoms with Crippen molar-refractivity contribution >= 4 is 43.4 Å². The fourth-order valence-corrected chi connectivity index (χ4v) is 4.89. The second kappa shape index (κ2) is 6.49. The molecule has 23 heavy (non-hydrogen) atoms. The van der Waals surface area contributed by atoms with E-state index in [1.165, 1.54) is 17.5 Å². The molecule has 122 valence electrons. The Kier molecular flexibility index (Phi) is 4.39. The minimum atomic E-state index is 0.278. The normalized spacial score (nSPS) is 24.1. The number of rotatable bonds is 3.